The van der Waals surface area contributed by atoms with Gasteiger partial charge in [-0.05, 0) is 97.7 Å². The van der Waals surface area contributed by atoms with Gasteiger partial charge in [0, 0.05) is 25.4 Å². The summed E-state index contributed by atoms with van der Waals surface area (Å²) in [5.41, 5.74) is 3.44. The summed E-state index contributed by atoms with van der Waals surface area (Å²) in [6, 6.07) is 10.4. The molecule has 0 bridgehead atoms. The molecule has 1 aliphatic heterocycles. The van der Waals surface area contributed by atoms with Gasteiger partial charge in [0.2, 0.25) is 0 Å². The second-order valence-electron chi connectivity index (χ2n) is 13.9. The lowest BCUT2D eigenvalue weighted by Crippen LogP contribution is -2.42. The van der Waals surface area contributed by atoms with Crippen molar-refractivity contribution < 1.29 is 20.1 Å². The van der Waals surface area contributed by atoms with Crippen molar-refractivity contribution in [1.29, 1.82) is 0 Å². The van der Waals surface area contributed by atoms with Crippen LogP contribution in [0.2, 0.25) is 0 Å². The van der Waals surface area contributed by atoms with Crippen LogP contribution in [-0.4, -0.2) is 56.5 Å². The van der Waals surface area contributed by atoms with E-state index in [1.165, 1.54) is 36.8 Å². The number of carbonyl (C=O) groups is 1. The quantitative estimate of drug-likeness (QED) is 0.356. The maximum atomic E-state index is 13.4. The first kappa shape index (κ1) is 30.3. The number of aliphatic hydroxyl groups excluding tert-OH is 2. The van der Waals surface area contributed by atoms with Gasteiger partial charge >= 0.3 is 0 Å². The van der Waals surface area contributed by atoms with Crippen molar-refractivity contribution in [2.24, 2.45) is 23.2 Å². The molecule has 1 aromatic rings. The number of likely N-dealkylation sites (tertiary alicyclic amines) is 1. The van der Waals surface area contributed by atoms with Crippen LogP contribution in [0, 0.1) is 23.2 Å². The molecule has 1 saturated heterocycles. The van der Waals surface area contributed by atoms with Crippen LogP contribution in [0.3, 0.4) is 0 Å². The first-order chi connectivity index (χ1) is 19.6. The molecule has 4 fully saturated rings. The van der Waals surface area contributed by atoms with E-state index in [1.54, 1.807) is 0 Å². The zero-order valence-corrected chi connectivity index (χ0v) is 25.4. The largest absolute Gasteiger partial charge is 0.393 e. The van der Waals surface area contributed by atoms with Crippen LogP contribution in [0.25, 0.3) is 0 Å². The Labute approximate surface area is 247 Å². The zero-order valence-electron chi connectivity index (χ0n) is 25.4. The first-order valence-corrected chi connectivity index (χ1v) is 16.1. The third-order valence-electron chi connectivity index (χ3n) is 11.4. The SMILES string of the molecule is C=C1C(=CC=C2CCC[C@]3(C)[C@@H]([C@H](C)CC4CC(O)(CC)C(=O)N4CCc4ccccc4)CC[C@@H]23)C[C@@H](O)C[C@@H]1O. The number of carbonyl (C=O) groups excluding carboxylic acids is 1. The van der Waals surface area contributed by atoms with E-state index < -0.39 is 17.8 Å². The Hall–Kier alpha value is -2.21. The van der Waals surface area contributed by atoms with E-state index in [9.17, 15) is 20.1 Å². The number of fused-ring (bicyclic) bond motifs is 1. The summed E-state index contributed by atoms with van der Waals surface area (Å²) in [4.78, 5) is 15.4. The summed E-state index contributed by atoms with van der Waals surface area (Å²) in [6.07, 6.45) is 12.8. The Morgan fingerprint density at radius 1 is 1.17 bits per heavy atom. The second kappa shape index (κ2) is 12.2. The van der Waals surface area contributed by atoms with Gasteiger partial charge in [-0.15, -0.1) is 0 Å². The third-order valence-corrected chi connectivity index (χ3v) is 11.4. The van der Waals surface area contributed by atoms with Gasteiger partial charge in [0.25, 0.3) is 5.91 Å². The zero-order chi connectivity index (χ0) is 29.4. The molecular weight excluding hydrogens is 510 g/mol. The Kier molecular flexibility index (Phi) is 8.99. The Bertz CT molecular complexity index is 1170. The average molecular weight is 562 g/mol. The smallest absolute Gasteiger partial charge is 0.254 e. The van der Waals surface area contributed by atoms with E-state index in [1.807, 2.05) is 30.0 Å². The van der Waals surface area contributed by atoms with Crippen LogP contribution < -0.4 is 0 Å². The molecule has 3 N–H and O–H groups in total. The van der Waals surface area contributed by atoms with Crippen LogP contribution in [0.5, 0.6) is 0 Å². The summed E-state index contributed by atoms with van der Waals surface area (Å²) in [5, 5.41) is 31.7. The minimum Gasteiger partial charge on any atom is -0.393 e. The monoisotopic (exact) mass is 561 g/mol. The average Bonchev–Trinajstić information content (AvgIpc) is 3.43. The van der Waals surface area contributed by atoms with Crippen molar-refractivity contribution in [2.45, 2.75) is 115 Å². The van der Waals surface area contributed by atoms with Crippen LogP contribution in [0.4, 0.5) is 0 Å². The van der Waals surface area contributed by atoms with Gasteiger partial charge in [0.15, 0.2) is 0 Å². The fraction of sp³-hybridized carbons (Fsp3) is 0.639. The van der Waals surface area contributed by atoms with Gasteiger partial charge in [0.1, 0.15) is 5.60 Å². The number of amides is 1. The van der Waals surface area contributed by atoms with Gasteiger partial charge in [-0.2, -0.15) is 0 Å². The van der Waals surface area contributed by atoms with E-state index in [0.717, 1.165) is 30.4 Å². The van der Waals surface area contributed by atoms with Crippen LogP contribution >= 0.6 is 0 Å². The minimum absolute atomic E-state index is 0.0762. The molecule has 1 heterocycles. The molecule has 0 spiro atoms. The molecule has 5 rings (SSSR count). The van der Waals surface area contributed by atoms with Crippen molar-refractivity contribution in [3.8, 4) is 0 Å². The van der Waals surface area contributed by atoms with Crippen LogP contribution in [0.1, 0.15) is 90.5 Å². The third kappa shape index (κ3) is 6.00. The van der Waals surface area contributed by atoms with Crippen molar-refractivity contribution in [2.75, 3.05) is 6.54 Å². The van der Waals surface area contributed by atoms with E-state index in [0.29, 0.717) is 50.0 Å². The topological polar surface area (TPSA) is 81.0 Å². The number of rotatable bonds is 8. The van der Waals surface area contributed by atoms with Gasteiger partial charge in [-0.25, -0.2) is 0 Å². The number of benzene rings is 1. The standard InChI is InChI=1S/C36H51NO4/c1-5-36(41)23-29(37(34(36)40)19-17-26-10-7-6-8-11-26)20-24(2)31-15-16-32-27(12-9-18-35(31,32)4)13-14-28-21-30(38)22-33(39)25(28)3/h6-8,10-11,13-14,24,29-33,38-39,41H,3,5,9,12,15-23H2,1-2,4H3/t24-,29?,30-,31-,32+,33+,35-,36?/m1/s1. The highest BCUT2D eigenvalue weighted by molar-refractivity contribution is 5.87. The maximum Gasteiger partial charge on any atom is 0.254 e. The molecule has 8 atom stereocenters. The van der Waals surface area contributed by atoms with Crippen molar-refractivity contribution in [3.63, 3.8) is 0 Å². The summed E-state index contributed by atoms with van der Waals surface area (Å²) >= 11 is 0. The van der Waals surface area contributed by atoms with Gasteiger partial charge in [-0.3, -0.25) is 4.79 Å². The van der Waals surface area contributed by atoms with E-state index in [4.69, 9.17) is 0 Å². The Morgan fingerprint density at radius 3 is 2.66 bits per heavy atom. The number of allylic oxidation sites excluding steroid dienone is 3. The highest BCUT2D eigenvalue weighted by Crippen LogP contribution is 2.60. The first-order valence-electron chi connectivity index (χ1n) is 16.1. The highest BCUT2D eigenvalue weighted by atomic mass is 16.3. The van der Waals surface area contributed by atoms with E-state index >= 15 is 0 Å². The summed E-state index contributed by atoms with van der Waals surface area (Å²) < 4.78 is 0. The molecule has 1 aromatic carbocycles. The van der Waals surface area contributed by atoms with Gasteiger partial charge in [0.05, 0.1) is 12.2 Å². The lowest BCUT2D eigenvalue weighted by Gasteiger charge is -2.45. The molecule has 3 aliphatic carbocycles. The Morgan fingerprint density at radius 2 is 1.93 bits per heavy atom. The molecule has 5 nitrogen and oxygen atoms in total. The van der Waals surface area contributed by atoms with E-state index in [2.05, 4.69) is 44.7 Å². The number of hydrogen-bond donors (Lipinski definition) is 3. The molecule has 41 heavy (non-hydrogen) atoms. The fourth-order valence-electron chi connectivity index (χ4n) is 8.98. The number of hydrogen-bond acceptors (Lipinski definition) is 4. The number of nitrogens with zero attached hydrogens (tertiary/aromatic N) is 1. The van der Waals surface area contributed by atoms with E-state index in [-0.39, 0.29) is 17.4 Å². The Balaban J connectivity index is 1.30. The van der Waals surface area contributed by atoms with Crippen LogP contribution in [0.15, 0.2) is 65.8 Å². The van der Waals surface area contributed by atoms with Crippen LogP contribution in [-0.2, 0) is 11.2 Å². The molecule has 224 valence electrons. The van der Waals surface area contributed by atoms with Gasteiger partial charge < -0.3 is 20.2 Å². The second-order valence-corrected chi connectivity index (χ2v) is 13.9. The summed E-state index contributed by atoms with van der Waals surface area (Å²) in [6.45, 7) is 11.6. The predicted molar refractivity (Wildman–Crippen MR) is 164 cm³/mol. The summed E-state index contributed by atoms with van der Waals surface area (Å²) in [5.74, 6) is 1.50. The molecule has 0 aromatic heterocycles. The molecule has 2 unspecified atom stereocenters. The van der Waals surface area contributed by atoms with Crippen molar-refractivity contribution in [1.82, 2.24) is 4.90 Å². The predicted octanol–water partition coefficient (Wildman–Crippen LogP) is 6.14. The minimum atomic E-state index is -1.23. The fourth-order valence-corrected chi connectivity index (χ4v) is 8.98. The van der Waals surface area contributed by atoms with Crippen molar-refractivity contribution >= 4 is 5.91 Å². The molecule has 5 heteroatoms. The number of aliphatic hydroxyl groups is 3. The molecule has 1 amide bonds. The lowest BCUT2D eigenvalue weighted by atomic mass is 9.60. The molecule has 0 radical (unpaired) electrons. The van der Waals surface area contributed by atoms with Crippen molar-refractivity contribution in [3.05, 3.63) is 71.3 Å². The summed E-state index contributed by atoms with van der Waals surface area (Å²) in [7, 11) is 0. The molecule has 3 saturated carbocycles. The normalized spacial score (nSPS) is 38.6. The molecule has 4 aliphatic rings. The highest BCUT2D eigenvalue weighted by Gasteiger charge is 2.53. The lowest BCUT2D eigenvalue weighted by molar-refractivity contribution is -0.144. The molecular formula is C36H51NO4. The maximum absolute atomic E-state index is 13.4. The van der Waals surface area contributed by atoms with Gasteiger partial charge in [-0.1, -0.05) is 75.4 Å².